The monoisotopic (exact) mass is 438 g/mol. The first-order valence-electron chi connectivity index (χ1n) is 10.7. The van der Waals surface area contributed by atoms with Gasteiger partial charge in [0.15, 0.2) is 0 Å². The topological polar surface area (TPSA) is 42.0 Å². The van der Waals surface area contributed by atoms with Crippen LogP contribution in [0.3, 0.4) is 0 Å². The number of benzene rings is 3. The third-order valence-corrected chi connectivity index (χ3v) is 6.32. The van der Waals surface area contributed by atoms with Gasteiger partial charge >= 0.3 is 0 Å². The number of thioether (sulfide) groups is 1. The Kier molecular flexibility index (Phi) is 6.72. The standard InChI is InChI=1S/C28H26N2OS/c1-4-20-16-21(12-11-19(20)2)26-18-24(32-3)13-14-25(26)28(31)30-23-9-7-8-22(17-23)27-10-5-6-15-29-27/h5-18H,4H2,1-3H3,(H,30,31). The maximum absolute atomic E-state index is 13.3. The Hall–Kier alpha value is -3.37. The summed E-state index contributed by atoms with van der Waals surface area (Å²) in [5.41, 5.74) is 7.84. The molecule has 1 amide bonds. The van der Waals surface area contributed by atoms with E-state index in [1.165, 1.54) is 11.1 Å². The Balaban J connectivity index is 1.69. The summed E-state index contributed by atoms with van der Waals surface area (Å²) in [6, 6.07) is 26.1. The van der Waals surface area contributed by atoms with E-state index >= 15 is 0 Å². The van der Waals surface area contributed by atoms with Crippen molar-refractivity contribution in [2.24, 2.45) is 0 Å². The minimum atomic E-state index is -0.121. The fourth-order valence-electron chi connectivity index (χ4n) is 3.80. The zero-order valence-electron chi connectivity index (χ0n) is 18.6. The normalized spacial score (nSPS) is 10.7. The molecule has 0 saturated heterocycles. The van der Waals surface area contributed by atoms with Crippen molar-refractivity contribution < 1.29 is 4.79 Å². The van der Waals surface area contributed by atoms with Crippen LogP contribution in [0.4, 0.5) is 5.69 Å². The SMILES string of the molecule is CCc1cc(-c2cc(SC)ccc2C(=O)Nc2cccc(-c3ccccn3)c2)ccc1C. The van der Waals surface area contributed by atoms with Gasteiger partial charge in [-0.25, -0.2) is 0 Å². The number of rotatable bonds is 6. The molecule has 1 heterocycles. The maximum Gasteiger partial charge on any atom is 0.256 e. The van der Waals surface area contributed by atoms with Crippen LogP contribution in [0.1, 0.15) is 28.4 Å². The predicted molar refractivity (Wildman–Crippen MR) is 135 cm³/mol. The molecule has 0 fully saturated rings. The highest BCUT2D eigenvalue weighted by molar-refractivity contribution is 7.98. The van der Waals surface area contributed by atoms with Crippen LogP contribution in [0.25, 0.3) is 22.4 Å². The number of nitrogens with zero attached hydrogens (tertiary/aromatic N) is 1. The lowest BCUT2D eigenvalue weighted by atomic mass is 9.95. The van der Waals surface area contributed by atoms with Crippen LogP contribution in [0.15, 0.2) is 90.0 Å². The molecule has 32 heavy (non-hydrogen) atoms. The van der Waals surface area contributed by atoms with E-state index in [0.29, 0.717) is 5.56 Å². The summed E-state index contributed by atoms with van der Waals surface area (Å²) in [4.78, 5) is 18.9. The highest BCUT2D eigenvalue weighted by atomic mass is 32.2. The van der Waals surface area contributed by atoms with E-state index in [-0.39, 0.29) is 5.91 Å². The summed E-state index contributed by atoms with van der Waals surface area (Å²) >= 11 is 1.68. The van der Waals surface area contributed by atoms with Gasteiger partial charge in [0.2, 0.25) is 0 Å². The number of aryl methyl sites for hydroxylation is 2. The Morgan fingerprint density at radius 3 is 2.56 bits per heavy atom. The summed E-state index contributed by atoms with van der Waals surface area (Å²) in [6.07, 6.45) is 4.78. The summed E-state index contributed by atoms with van der Waals surface area (Å²) < 4.78 is 0. The van der Waals surface area contributed by atoms with Gasteiger partial charge < -0.3 is 5.32 Å². The van der Waals surface area contributed by atoms with Crippen LogP contribution in [0.5, 0.6) is 0 Å². The third kappa shape index (κ3) is 4.76. The number of anilines is 1. The minimum absolute atomic E-state index is 0.121. The van der Waals surface area contributed by atoms with Crippen LogP contribution < -0.4 is 5.32 Å². The molecule has 3 aromatic carbocycles. The lowest BCUT2D eigenvalue weighted by molar-refractivity contribution is 0.102. The van der Waals surface area contributed by atoms with Crippen LogP contribution in [0.2, 0.25) is 0 Å². The Morgan fingerprint density at radius 1 is 0.938 bits per heavy atom. The Morgan fingerprint density at radius 2 is 1.81 bits per heavy atom. The lowest BCUT2D eigenvalue weighted by Crippen LogP contribution is -2.13. The van der Waals surface area contributed by atoms with Gasteiger partial charge in [-0.15, -0.1) is 11.8 Å². The smallest absolute Gasteiger partial charge is 0.256 e. The molecular formula is C28H26N2OS. The predicted octanol–water partition coefficient (Wildman–Crippen LogP) is 7.26. The highest BCUT2D eigenvalue weighted by Gasteiger charge is 2.15. The second-order valence-electron chi connectivity index (χ2n) is 7.66. The van der Waals surface area contributed by atoms with Gasteiger partial charge in [0.05, 0.1) is 5.69 Å². The van der Waals surface area contributed by atoms with Crippen molar-refractivity contribution in [3.63, 3.8) is 0 Å². The van der Waals surface area contributed by atoms with E-state index in [2.05, 4.69) is 54.7 Å². The molecule has 0 saturated carbocycles. The number of hydrogen-bond donors (Lipinski definition) is 1. The minimum Gasteiger partial charge on any atom is -0.322 e. The van der Waals surface area contributed by atoms with Crippen LogP contribution >= 0.6 is 11.8 Å². The average molecular weight is 439 g/mol. The van der Waals surface area contributed by atoms with Crippen LogP contribution in [-0.2, 0) is 6.42 Å². The zero-order chi connectivity index (χ0) is 22.5. The van der Waals surface area contributed by atoms with Crippen LogP contribution in [0, 0.1) is 6.92 Å². The van der Waals surface area contributed by atoms with Gasteiger partial charge in [-0.3, -0.25) is 9.78 Å². The van der Waals surface area contributed by atoms with Crippen molar-refractivity contribution >= 4 is 23.4 Å². The summed E-state index contributed by atoms with van der Waals surface area (Å²) in [5.74, 6) is -0.121. The summed E-state index contributed by atoms with van der Waals surface area (Å²) in [5, 5.41) is 3.08. The van der Waals surface area contributed by atoms with Crippen molar-refractivity contribution in [2.75, 3.05) is 11.6 Å². The van der Waals surface area contributed by atoms with Gasteiger partial charge in [-0.05, 0) is 84.3 Å². The molecule has 1 aromatic heterocycles. The first-order valence-corrected chi connectivity index (χ1v) is 11.9. The fourth-order valence-corrected chi connectivity index (χ4v) is 4.24. The molecule has 4 rings (SSSR count). The molecule has 0 aliphatic heterocycles. The van der Waals surface area contributed by atoms with E-state index in [0.717, 1.165) is 39.4 Å². The molecule has 1 N–H and O–H groups in total. The maximum atomic E-state index is 13.3. The van der Waals surface area contributed by atoms with Crippen molar-refractivity contribution in [3.05, 3.63) is 102 Å². The Labute approximate surface area is 193 Å². The second-order valence-corrected chi connectivity index (χ2v) is 8.54. The molecule has 4 aromatic rings. The van der Waals surface area contributed by atoms with Crippen LogP contribution in [-0.4, -0.2) is 17.1 Å². The number of hydrogen-bond acceptors (Lipinski definition) is 3. The summed E-state index contributed by atoms with van der Waals surface area (Å²) in [7, 11) is 0. The fraction of sp³-hybridized carbons (Fsp3) is 0.143. The van der Waals surface area contributed by atoms with Crippen molar-refractivity contribution in [2.45, 2.75) is 25.2 Å². The first kappa shape index (κ1) is 21.8. The number of carbonyl (C=O) groups excluding carboxylic acids is 1. The van der Waals surface area contributed by atoms with E-state index in [1.54, 1.807) is 18.0 Å². The molecule has 3 nitrogen and oxygen atoms in total. The van der Waals surface area contributed by atoms with Gasteiger partial charge in [0.1, 0.15) is 0 Å². The average Bonchev–Trinajstić information content (AvgIpc) is 2.84. The van der Waals surface area contributed by atoms with E-state index < -0.39 is 0 Å². The van der Waals surface area contributed by atoms with Crippen molar-refractivity contribution in [1.29, 1.82) is 0 Å². The molecular weight excluding hydrogens is 412 g/mol. The van der Waals surface area contributed by atoms with Gasteiger partial charge in [-0.2, -0.15) is 0 Å². The second kappa shape index (κ2) is 9.84. The van der Waals surface area contributed by atoms with E-state index in [4.69, 9.17) is 0 Å². The number of nitrogens with one attached hydrogen (secondary N) is 1. The van der Waals surface area contributed by atoms with Crippen molar-refractivity contribution in [3.8, 4) is 22.4 Å². The molecule has 0 radical (unpaired) electrons. The van der Waals surface area contributed by atoms with Crippen molar-refractivity contribution in [1.82, 2.24) is 4.98 Å². The quantitative estimate of drug-likeness (QED) is 0.322. The lowest BCUT2D eigenvalue weighted by Gasteiger charge is -2.14. The van der Waals surface area contributed by atoms with Gasteiger partial charge in [-0.1, -0.05) is 43.3 Å². The number of pyridine rings is 1. The third-order valence-electron chi connectivity index (χ3n) is 5.59. The van der Waals surface area contributed by atoms with Gasteiger partial charge in [0.25, 0.3) is 5.91 Å². The summed E-state index contributed by atoms with van der Waals surface area (Å²) in [6.45, 7) is 4.29. The van der Waals surface area contributed by atoms with E-state index in [9.17, 15) is 4.79 Å². The molecule has 0 aliphatic rings. The van der Waals surface area contributed by atoms with E-state index in [1.807, 2.05) is 54.6 Å². The zero-order valence-corrected chi connectivity index (χ0v) is 19.4. The molecule has 0 unspecified atom stereocenters. The largest absolute Gasteiger partial charge is 0.322 e. The molecule has 160 valence electrons. The molecule has 4 heteroatoms. The Bertz CT molecular complexity index is 1250. The number of aromatic nitrogens is 1. The number of amides is 1. The molecule has 0 spiro atoms. The first-order chi connectivity index (χ1) is 15.6. The van der Waals surface area contributed by atoms with Gasteiger partial charge in [0, 0.05) is 27.9 Å². The highest BCUT2D eigenvalue weighted by Crippen LogP contribution is 2.31. The molecule has 0 aliphatic carbocycles. The molecule has 0 atom stereocenters. The number of carbonyl (C=O) groups is 1. The molecule has 0 bridgehead atoms.